The van der Waals surface area contributed by atoms with Crippen LogP contribution in [0.3, 0.4) is 0 Å². The zero-order valence-electron chi connectivity index (χ0n) is 21.3. The number of ketones is 2. The lowest BCUT2D eigenvalue weighted by molar-refractivity contribution is 0.0652. The molecule has 0 fully saturated rings. The van der Waals surface area contributed by atoms with E-state index in [1.807, 2.05) is 0 Å². The van der Waals surface area contributed by atoms with Gasteiger partial charge in [0, 0.05) is 53.1 Å². The molecule has 8 nitrogen and oxygen atoms in total. The maximum Gasteiger partial charge on any atom is 0.261 e. The quantitative estimate of drug-likeness (QED) is 0.0748. The summed E-state index contributed by atoms with van der Waals surface area (Å²) in [7, 11) is 0. The maximum atomic E-state index is 13.4. The van der Waals surface area contributed by atoms with E-state index in [2.05, 4.69) is 74.0 Å². The van der Waals surface area contributed by atoms with E-state index in [0.717, 1.165) is 0 Å². The van der Waals surface area contributed by atoms with E-state index >= 15 is 0 Å². The monoisotopic (exact) mass is 815 g/mol. The lowest BCUT2D eigenvalue weighted by atomic mass is 9.98. The van der Waals surface area contributed by atoms with Gasteiger partial charge in [-0.1, -0.05) is 18.2 Å². The molecular weight excluding hydrogens is 802 g/mol. The first-order valence-corrected chi connectivity index (χ1v) is 15.9. The summed E-state index contributed by atoms with van der Waals surface area (Å²) in [5, 5.41) is 3.49. The predicted molar refractivity (Wildman–Crippen MR) is 169 cm³/mol. The molecule has 42 heavy (non-hydrogen) atoms. The number of carbonyl (C=O) groups excluding carboxylic acids is 5. The summed E-state index contributed by atoms with van der Waals surface area (Å²) >= 11 is 13.7. The molecule has 0 atom stereocenters. The van der Waals surface area contributed by atoms with E-state index in [1.54, 1.807) is 54.6 Å². The molecule has 1 aromatic heterocycles. The molecule has 0 saturated carbocycles. The summed E-state index contributed by atoms with van der Waals surface area (Å²) in [5.74, 6) is -2.74. The highest BCUT2D eigenvalue weighted by Crippen LogP contribution is 2.48. The predicted octanol–water partition coefficient (Wildman–Crippen LogP) is 6.86. The Kier molecular flexibility index (Phi) is 7.75. The average molecular weight is 819 g/mol. The Hall–Kier alpha value is -3.06. The van der Waals surface area contributed by atoms with Gasteiger partial charge >= 0.3 is 0 Å². The first kappa shape index (κ1) is 29.0. The van der Waals surface area contributed by atoms with Gasteiger partial charge in [0.15, 0.2) is 11.6 Å². The van der Waals surface area contributed by atoms with Crippen molar-refractivity contribution in [2.75, 3.05) is 13.1 Å². The van der Waals surface area contributed by atoms with Crippen LogP contribution in [-0.4, -0.2) is 52.3 Å². The zero-order valence-corrected chi connectivity index (χ0v) is 27.7. The molecule has 0 radical (unpaired) electrons. The minimum absolute atomic E-state index is 0.195. The Morgan fingerprint density at radius 3 is 1.98 bits per heavy atom. The third-order valence-corrected chi connectivity index (χ3v) is 12.0. The maximum absolute atomic E-state index is 13.4. The fourth-order valence-corrected chi connectivity index (χ4v) is 7.71. The number of amides is 3. The Labute approximate surface area is 272 Å². The second kappa shape index (κ2) is 11.2. The molecule has 6 rings (SSSR count). The molecule has 210 valence electrons. The standard InChI is InChI=1S/C30H17Br4N3O5/c31-22-20-21(23(32)25(34)24(22)33)27(39)19(26(20)38)18-9-6-13-12-14(7-8-17(13)36-18)28(40)35-10-3-11-37-29(41)15-4-1-2-5-16(15)30(37)42/h1-2,4-9,12,19H,3,10-11H2,(H,35,40). The van der Waals surface area contributed by atoms with Crippen molar-refractivity contribution < 1.29 is 24.0 Å². The molecule has 2 aliphatic rings. The minimum atomic E-state index is -1.08. The number of fused-ring (bicyclic) bond motifs is 3. The van der Waals surface area contributed by atoms with E-state index in [4.69, 9.17) is 0 Å². The van der Waals surface area contributed by atoms with Gasteiger partial charge in [0.25, 0.3) is 17.7 Å². The van der Waals surface area contributed by atoms with Crippen LogP contribution in [-0.2, 0) is 0 Å². The summed E-state index contributed by atoms with van der Waals surface area (Å²) in [4.78, 5) is 70.4. The van der Waals surface area contributed by atoms with Gasteiger partial charge in [-0.15, -0.1) is 0 Å². The molecule has 2 heterocycles. The van der Waals surface area contributed by atoms with Gasteiger partial charge in [0.1, 0.15) is 5.92 Å². The number of benzene rings is 3. The van der Waals surface area contributed by atoms with Gasteiger partial charge in [-0.2, -0.15) is 0 Å². The van der Waals surface area contributed by atoms with Crippen LogP contribution in [0.15, 0.2) is 72.5 Å². The molecular formula is C30H17Br4N3O5. The summed E-state index contributed by atoms with van der Waals surface area (Å²) in [6, 6.07) is 15.0. The van der Waals surface area contributed by atoms with Gasteiger partial charge in [-0.05, 0) is 107 Å². The van der Waals surface area contributed by atoms with Crippen molar-refractivity contribution in [1.82, 2.24) is 15.2 Å². The van der Waals surface area contributed by atoms with Gasteiger partial charge in [0.2, 0.25) is 0 Å². The Balaban J connectivity index is 1.13. The lowest BCUT2D eigenvalue weighted by Gasteiger charge is -2.14. The molecule has 0 saturated heterocycles. The van der Waals surface area contributed by atoms with Gasteiger partial charge in [-0.25, -0.2) is 0 Å². The van der Waals surface area contributed by atoms with Crippen molar-refractivity contribution in [3.05, 3.63) is 106 Å². The topological polar surface area (TPSA) is 114 Å². The number of Topliss-reactive ketones (excluding diaryl/α,β-unsaturated/α-hetero) is 2. The highest BCUT2D eigenvalue weighted by Gasteiger charge is 2.44. The molecule has 4 aromatic rings. The summed E-state index contributed by atoms with van der Waals surface area (Å²) < 4.78 is 2.23. The largest absolute Gasteiger partial charge is 0.352 e. The van der Waals surface area contributed by atoms with Crippen molar-refractivity contribution in [3.8, 4) is 0 Å². The fourth-order valence-electron chi connectivity index (χ4n) is 5.20. The first-order valence-electron chi connectivity index (χ1n) is 12.7. The van der Waals surface area contributed by atoms with Crippen LogP contribution in [0.1, 0.15) is 69.8 Å². The van der Waals surface area contributed by atoms with Crippen LogP contribution in [0.5, 0.6) is 0 Å². The molecule has 1 aliphatic heterocycles. The molecule has 1 N–H and O–H groups in total. The zero-order chi connectivity index (χ0) is 29.9. The van der Waals surface area contributed by atoms with Crippen LogP contribution in [0.4, 0.5) is 0 Å². The number of carbonyl (C=O) groups is 5. The number of nitrogens with zero attached hydrogens (tertiary/aromatic N) is 2. The van der Waals surface area contributed by atoms with E-state index in [9.17, 15) is 24.0 Å². The van der Waals surface area contributed by atoms with E-state index in [0.29, 0.717) is 68.7 Å². The Morgan fingerprint density at radius 2 is 1.38 bits per heavy atom. The number of nitrogens with one attached hydrogen (secondary N) is 1. The van der Waals surface area contributed by atoms with Crippen molar-refractivity contribution in [3.63, 3.8) is 0 Å². The second-order valence-corrected chi connectivity index (χ2v) is 12.9. The highest BCUT2D eigenvalue weighted by atomic mass is 79.9. The number of rotatable bonds is 6. The normalized spacial score (nSPS) is 14.6. The van der Waals surface area contributed by atoms with Crippen molar-refractivity contribution in [1.29, 1.82) is 0 Å². The highest BCUT2D eigenvalue weighted by molar-refractivity contribution is 9.15. The number of hydrogen-bond acceptors (Lipinski definition) is 6. The van der Waals surface area contributed by atoms with Crippen molar-refractivity contribution in [2.45, 2.75) is 12.3 Å². The van der Waals surface area contributed by atoms with Gasteiger partial charge in [0.05, 0.1) is 22.3 Å². The SMILES string of the molecule is O=C(NCCCN1C(=O)c2ccccc2C1=O)c1ccc2nc(C3C(=O)c4c(Br)c(Br)c(Br)c(Br)c4C3=O)ccc2c1. The molecule has 0 bridgehead atoms. The molecule has 3 aromatic carbocycles. The van der Waals surface area contributed by atoms with E-state index in [1.165, 1.54) is 4.90 Å². The Bertz CT molecular complexity index is 1830. The Morgan fingerprint density at radius 1 is 0.786 bits per heavy atom. The third kappa shape index (κ3) is 4.68. The molecule has 1 aliphatic carbocycles. The number of imide groups is 1. The van der Waals surface area contributed by atoms with E-state index < -0.39 is 5.92 Å². The fraction of sp³-hybridized carbons (Fsp3) is 0.133. The average Bonchev–Trinajstić information content (AvgIpc) is 3.40. The summed E-state index contributed by atoms with van der Waals surface area (Å²) in [5.41, 5.74) is 2.64. The third-order valence-electron chi connectivity index (χ3n) is 7.28. The molecule has 3 amide bonds. The van der Waals surface area contributed by atoms with Gasteiger partial charge < -0.3 is 5.32 Å². The number of hydrogen-bond donors (Lipinski definition) is 1. The van der Waals surface area contributed by atoms with Crippen LogP contribution in [0.25, 0.3) is 10.9 Å². The summed E-state index contributed by atoms with van der Waals surface area (Å²) in [6.07, 6.45) is 0.404. The minimum Gasteiger partial charge on any atom is -0.352 e. The number of halogens is 4. The molecule has 0 unspecified atom stereocenters. The summed E-state index contributed by atoms with van der Waals surface area (Å²) in [6.45, 7) is 0.464. The van der Waals surface area contributed by atoms with Crippen LogP contribution < -0.4 is 5.32 Å². The number of aromatic nitrogens is 1. The lowest BCUT2D eigenvalue weighted by Crippen LogP contribution is -2.33. The molecule has 12 heteroatoms. The smallest absolute Gasteiger partial charge is 0.261 e. The van der Waals surface area contributed by atoms with Crippen molar-refractivity contribution in [2.24, 2.45) is 0 Å². The van der Waals surface area contributed by atoms with Crippen LogP contribution in [0.2, 0.25) is 0 Å². The molecule has 0 spiro atoms. The van der Waals surface area contributed by atoms with E-state index in [-0.39, 0.29) is 42.4 Å². The van der Waals surface area contributed by atoms with Crippen LogP contribution in [0, 0.1) is 0 Å². The van der Waals surface area contributed by atoms with Gasteiger partial charge in [-0.3, -0.25) is 33.9 Å². The van der Waals surface area contributed by atoms with Crippen molar-refractivity contribution >= 4 is 104 Å². The second-order valence-electron chi connectivity index (χ2n) is 9.73. The number of pyridine rings is 1. The first-order chi connectivity index (χ1) is 20.1. The van der Waals surface area contributed by atoms with Crippen LogP contribution >= 0.6 is 63.7 Å².